The fourth-order valence-corrected chi connectivity index (χ4v) is 5.24. The van der Waals surface area contributed by atoms with Crippen LogP contribution < -0.4 is 20.4 Å². The van der Waals surface area contributed by atoms with Gasteiger partial charge in [-0.05, 0) is 38.4 Å². The number of nitrogens with zero attached hydrogens (tertiary/aromatic N) is 5. The van der Waals surface area contributed by atoms with Gasteiger partial charge in [0.25, 0.3) is 0 Å². The molecule has 0 bridgehead atoms. The molecule has 2 aromatic heterocycles. The van der Waals surface area contributed by atoms with Gasteiger partial charge in [0.2, 0.25) is 0 Å². The van der Waals surface area contributed by atoms with E-state index >= 15 is 0 Å². The average molecular weight is 502 g/mol. The van der Waals surface area contributed by atoms with E-state index in [0.29, 0.717) is 16.3 Å². The summed E-state index contributed by atoms with van der Waals surface area (Å²) in [5, 5.41) is 14.6. The second kappa shape index (κ2) is 10.4. The monoisotopic (exact) mass is 501 g/mol. The molecule has 9 nitrogen and oxygen atoms in total. The SMILES string of the molecule is CN1CCNCC1.COc1cc2c(=O)c3c4ccc(C#N)cc4[nH]c3n(C)c2cc1N1CCN(C)CC1. The second-order valence-electron chi connectivity index (χ2n) is 9.99. The van der Waals surface area contributed by atoms with Gasteiger partial charge in [-0.2, -0.15) is 5.26 Å². The number of rotatable bonds is 2. The summed E-state index contributed by atoms with van der Waals surface area (Å²) in [6.07, 6.45) is 0. The van der Waals surface area contributed by atoms with E-state index in [2.05, 4.69) is 51.2 Å². The summed E-state index contributed by atoms with van der Waals surface area (Å²) in [5.41, 5.74) is 3.94. The van der Waals surface area contributed by atoms with Crippen molar-refractivity contribution in [3.8, 4) is 11.8 Å². The number of aromatic nitrogens is 2. The molecule has 4 aromatic rings. The van der Waals surface area contributed by atoms with Crippen LogP contribution in [-0.2, 0) is 7.05 Å². The van der Waals surface area contributed by atoms with Crippen LogP contribution in [0.4, 0.5) is 5.69 Å². The number of fused-ring (bicyclic) bond motifs is 4. The van der Waals surface area contributed by atoms with Gasteiger partial charge < -0.3 is 34.3 Å². The van der Waals surface area contributed by atoms with Crippen LogP contribution in [0, 0.1) is 11.3 Å². The summed E-state index contributed by atoms with van der Waals surface area (Å²) in [6, 6.07) is 11.5. The van der Waals surface area contributed by atoms with E-state index in [4.69, 9.17) is 4.74 Å². The maximum atomic E-state index is 13.5. The van der Waals surface area contributed by atoms with Crippen molar-refractivity contribution >= 4 is 38.5 Å². The standard InChI is InChI=1S/C23H23N5O2.C5H12N2/c1-26-6-8-28(9-7-26)19-12-18-16(11-20(19)30-3)22(29)21-15-5-4-14(13-24)10-17(15)25-23(21)27(18)2;1-7-4-2-6-3-5-7/h4-5,10-12,25H,6-9H2,1-3H3;6H,2-5H2,1H3. The highest BCUT2D eigenvalue weighted by Gasteiger charge is 2.21. The second-order valence-corrected chi connectivity index (χ2v) is 9.99. The van der Waals surface area contributed by atoms with E-state index in [0.717, 1.165) is 72.8 Å². The molecule has 194 valence electrons. The van der Waals surface area contributed by atoms with E-state index in [-0.39, 0.29) is 5.43 Å². The third-order valence-corrected chi connectivity index (χ3v) is 7.56. The molecule has 2 saturated heterocycles. The van der Waals surface area contributed by atoms with Gasteiger partial charge in [-0.3, -0.25) is 4.79 Å². The number of piperazine rings is 2. The molecule has 0 saturated carbocycles. The van der Waals surface area contributed by atoms with Crippen molar-refractivity contribution in [2.75, 3.05) is 78.5 Å². The Morgan fingerprint density at radius 1 is 0.919 bits per heavy atom. The lowest BCUT2D eigenvalue weighted by molar-refractivity contribution is 0.291. The molecule has 0 amide bonds. The van der Waals surface area contributed by atoms with Gasteiger partial charge in [-0.25, -0.2) is 0 Å². The van der Waals surface area contributed by atoms with Gasteiger partial charge >= 0.3 is 0 Å². The van der Waals surface area contributed by atoms with E-state index in [1.807, 2.05) is 23.7 Å². The van der Waals surface area contributed by atoms with Crippen LogP contribution in [-0.4, -0.2) is 92.9 Å². The summed E-state index contributed by atoms with van der Waals surface area (Å²) in [6.45, 7) is 8.55. The van der Waals surface area contributed by atoms with Crippen LogP contribution in [0.1, 0.15) is 5.56 Å². The summed E-state index contributed by atoms with van der Waals surface area (Å²) in [5.74, 6) is 0.718. The molecule has 6 rings (SSSR count). The van der Waals surface area contributed by atoms with E-state index in [9.17, 15) is 10.1 Å². The Labute approximate surface area is 216 Å². The lowest BCUT2D eigenvalue weighted by Gasteiger charge is -2.35. The largest absolute Gasteiger partial charge is 0.495 e. The smallest absolute Gasteiger partial charge is 0.199 e. The maximum absolute atomic E-state index is 13.5. The Bertz CT molecular complexity index is 1530. The number of hydrogen-bond acceptors (Lipinski definition) is 7. The van der Waals surface area contributed by atoms with Gasteiger partial charge in [-0.1, -0.05) is 6.07 Å². The first-order valence-corrected chi connectivity index (χ1v) is 12.8. The molecule has 0 spiro atoms. The molecule has 4 heterocycles. The van der Waals surface area contributed by atoms with Gasteiger partial charge in [0, 0.05) is 70.3 Å². The zero-order chi connectivity index (χ0) is 26.1. The molecule has 2 aromatic carbocycles. The summed E-state index contributed by atoms with van der Waals surface area (Å²) >= 11 is 0. The number of aromatic amines is 1. The predicted molar refractivity (Wildman–Crippen MR) is 150 cm³/mol. The molecular weight excluding hydrogens is 466 g/mol. The molecule has 37 heavy (non-hydrogen) atoms. The third kappa shape index (κ3) is 4.76. The minimum absolute atomic E-state index is 0.0303. The summed E-state index contributed by atoms with van der Waals surface area (Å²) < 4.78 is 7.72. The van der Waals surface area contributed by atoms with Crippen LogP contribution in [0.15, 0.2) is 35.1 Å². The van der Waals surface area contributed by atoms with Crippen molar-refractivity contribution < 1.29 is 4.74 Å². The topological polar surface area (TPSA) is 92.6 Å². The summed E-state index contributed by atoms with van der Waals surface area (Å²) in [7, 11) is 7.90. The summed E-state index contributed by atoms with van der Waals surface area (Å²) in [4.78, 5) is 23.8. The molecule has 2 fully saturated rings. The van der Waals surface area contributed by atoms with Crippen LogP contribution in [0.2, 0.25) is 0 Å². The molecule has 2 aliphatic heterocycles. The number of aryl methyl sites for hydroxylation is 1. The zero-order valence-electron chi connectivity index (χ0n) is 22.1. The average Bonchev–Trinajstić information content (AvgIpc) is 3.31. The van der Waals surface area contributed by atoms with Crippen molar-refractivity contribution in [2.24, 2.45) is 7.05 Å². The van der Waals surface area contributed by atoms with Crippen molar-refractivity contribution in [2.45, 2.75) is 0 Å². The van der Waals surface area contributed by atoms with Gasteiger partial charge in [0.05, 0.1) is 40.7 Å². The Morgan fingerprint density at radius 3 is 2.24 bits per heavy atom. The normalized spacial score (nSPS) is 17.1. The van der Waals surface area contributed by atoms with Crippen molar-refractivity contribution in [1.29, 1.82) is 5.26 Å². The number of anilines is 1. The van der Waals surface area contributed by atoms with Crippen LogP contribution >= 0.6 is 0 Å². The van der Waals surface area contributed by atoms with Crippen molar-refractivity contribution in [3.05, 3.63) is 46.1 Å². The fraction of sp³-hybridized carbons (Fsp3) is 0.429. The minimum Gasteiger partial charge on any atom is -0.495 e. The predicted octanol–water partition coefficient (Wildman–Crippen LogP) is 2.33. The first-order chi connectivity index (χ1) is 17.9. The third-order valence-electron chi connectivity index (χ3n) is 7.56. The van der Waals surface area contributed by atoms with Crippen molar-refractivity contribution in [3.63, 3.8) is 0 Å². The highest BCUT2D eigenvalue weighted by Crippen LogP contribution is 2.35. The molecule has 0 radical (unpaired) electrons. The van der Waals surface area contributed by atoms with Crippen LogP contribution in [0.3, 0.4) is 0 Å². The fourth-order valence-electron chi connectivity index (χ4n) is 5.24. The Hall–Kier alpha value is -3.58. The van der Waals surface area contributed by atoms with Gasteiger partial charge in [0.15, 0.2) is 5.43 Å². The number of hydrogen-bond donors (Lipinski definition) is 2. The molecular formula is C28H35N7O2. The number of benzene rings is 2. The lowest BCUT2D eigenvalue weighted by atomic mass is 10.1. The lowest BCUT2D eigenvalue weighted by Crippen LogP contribution is -2.44. The maximum Gasteiger partial charge on any atom is 0.199 e. The van der Waals surface area contributed by atoms with E-state index < -0.39 is 0 Å². The number of nitriles is 1. The van der Waals surface area contributed by atoms with E-state index in [1.165, 1.54) is 13.1 Å². The number of nitrogens with one attached hydrogen (secondary N) is 2. The molecule has 2 N–H and O–H groups in total. The molecule has 9 heteroatoms. The molecule has 0 unspecified atom stereocenters. The highest BCUT2D eigenvalue weighted by molar-refractivity contribution is 6.10. The molecule has 2 aliphatic rings. The zero-order valence-corrected chi connectivity index (χ0v) is 22.1. The number of pyridine rings is 1. The van der Waals surface area contributed by atoms with Crippen molar-refractivity contribution in [1.82, 2.24) is 24.7 Å². The Kier molecular flexibility index (Phi) is 7.07. The number of likely N-dealkylation sites (N-methyl/N-ethyl adjacent to an activating group) is 2. The number of ether oxygens (including phenoxy) is 1. The molecule has 0 atom stereocenters. The van der Waals surface area contributed by atoms with E-state index in [1.54, 1.807) is 19.2 Å². The Balaban J connectivity index is 0.000000348. The number of methoxy groups -OCH3 is 1. The number of H-pyrrole nitrogens is 1. The highest BCUT2D eigenvalue weighted by atomic mass is 16.5. The van der Waals surface area contributed by atoms with Gasteiger partial charge in [0.1, 0.15) is 11.4 Å². The Morgan fingerprint density at radius 2 is 1.62 bits per heavy atom. The van der Waals surface area contributed by atoms with Crippen LogP contribution in [0.25, 0.3) is 32.8 Å². The van der Waals surface area contributed by atoms with Gasteiger partial charge in [-0.15, -0.1) is 0 Å². The first-order valence-electron chi connectivity index (χ1n) is 12.8. The quantitative estimate of drug-likeness (QED) is 0.436. The van der Waals surface area contributed by atoms with Crippen LogP contribution in [0.5, 0.6) is 5.75 Å². The first kappa shape index (κ1) is 25.1. The molecule has 0 aliphatic carbocycles. The minimum atomic E-state index is -0.0303.